The molecule has 8 heteroatoms. The third-order valence-electron chi connectivity index (χ3n) is 5.72. The van der Waals surface area contributed by atoms with Gasteiger partial charge in [0.05, 0.1) is 19.8 Å². The molecule has 2 fully saturated rings. The second-order valence-corrected chi connectivity index (χ2v) is 7.42. The lowest BCUT2D eigenvalue weighted by Gasteiger charge is -2.36. The Hall–Kier alpha value is -1.93. The topological polar surface area (TPSA) is 65.0 Å². The van der Waals surface area contributed by atoms with Gasteiger partial charge < -0.3 is 24.3 Å². The summed E-state index contributed by atoms with van der Waals surface area (Å²) in [5, 5.41) is 0. The Kier molecular flexibility index (Phi) is 5.45. The lowest BCUT2D eigenvalue weighted by atomic mass is 10.2. The molecule has 0 saturated carbocycles. The molecule has 0 atom stereocenters. The quantitative estimate of drug-likeness (QED) is 0.756. The van der Waals surface area contributed by atoms with Crippen molar-refractivity contribution in [2.45, 2.75) is 26.8 Å². The molecule has 148 valence electrons. The van der Waals surface area contributed by atoms with Crippen LogP contribution >= 0.6 is 0 Å². The van der Waals surface area contributed by atoms with Crippen molar-refractivity contribution in [3.05, 3.63) is 11.3 Å². The van der Waals surface area contributed by atoms with Crippen molar-refractivity contribution in [2.75, 3.05) is 75.4 Å². The molecule has 27 heavy (non-hydrogen) atoms. The number of piperazine rings is 1. The number of anilines is 2. The van der Waals surface area contributed by atoms with E-state index in [0.717, 1.165) is 70.2 Å². The van der Waals surface area contributed by atoms with Crippen LogP contribution in [0.1, 0.15) is 36.3 Å². The van der Waals surface area contributed by atoms with E-state index in [0.29, 0.717) is 31.4 Å². The highest BCUT2D eigenvalue weighted by molar-refractivity contribution is 5.98. The van der Waals surface area contributed by atoms with Gasteiger partial charge in [0.25, 0.3) is 5.91 Å². The number of rotatable bonds is 5. The summed E-state index contributed by atoms with van der Waals surface area (Å²) >= 11 is 0. The zero-order chi connectivity index (χ0) is 18.8. The molecule has 8 nitrogen and oxygen atoms in total. The maximum absolute atomic E-state index is 12.9. The molecule has 1 amide bonds. The molecule has 4 heterocycles. The summed E-state index contributed by atoms with van der Waals surface area (Å²) in [6, 6.07) is 0. The molecule has 0 spiro atoms. The van der Waals surface area contributed by atoms with E-state index in [2.05, 4.69) is 28.5 Å². The Bertz CT molecular complexity index is 683. The normalized spacial score (nSPS) is 21.1. The molecule has 0 aliphatic carbocycles. The van der Waals surface area contributed by atoms with Crippen LogP contribution in [0.3, 0.4) is 0 Å². The maximum Gasteiger partial charge on any atom is 0.273 e. The summed E-state index contributed by atoms with van der Waals surface area (Å²) in [7, 11) is 0. The van der Waals surface area contributed by atoms with Gasteiger partial charge in [-0.15, -0.1) is 0 Å². The number of hydrogen-bond donors (Lipinski definition) is 0. The summed E-state index contributed by atoms with van der Waals surface area (Å²) in [5.74, 6) is 1.69. The van der Waals surface area contributed by atoms with Gasteiger partial charge in [-0.05, 0) is 13.0 Å². The molecule has 0 aromatic carbocycles. The van der Waals surface area contributed by atoms with Gasteiger partial charge >= 0.3 is 0 Å². The van der Waals surface area contributed by atoms with Gasteiger partial charge in [0, 0.05) is 51.4 Å². The lowest BCUT2D eigenvalue weighted by molar-refractivity contribution is 0.0774. The first kappa shape index (κ1) is 18.4. The summed E-state index contributed by atoms with van der Waals surface area (Å²) in [6.07, 6.45) is 0.952. The Labute approximate surface area is 161 Å². The van der Waals surface area contributed by atoms with Crippen molar-refractivity contribution in [2.24, 2.45) is 0 Å². The minimum Gasteiger partial charge on any atom is -0.378 e. The average molecular weight is 374 g/mol. The maximum atomic E-state index is 12.9. The minimum atomic E-state index is 0.0530. The number of aromatic nitrogens is 2. The molecule has 2 saturated heterocycles. The first-order valence-electron chi connectivity index (χ1n) is 10.2. The van der Waals surface area contributed by atoms with Gasteiger partial charge in [-0.2, -0.15) is 4.98 Å². The minimum absolute atomic E-state index is 0.0530. The molecule has 0 bridgehead atoms. The molecule has 1 aromatic heterocycles. The molecule has 0 unspecified atom stereocenters. The zero-order valence-electron chi connectivity index (χ0n) is 16.5. The fourth-order valence-corrected chi connectivity index (χ4v) is 4.09. The van der Waals surface area contributed by atoms with Crippen LogP contribution in [0.25, 0.3) is 0 Å². The van der Waals surface area contributed by atoms with Crippen LogP contribution in [0.5, 0.6) is 0 Å². The van der Waals surface area contributed by atoms with Crippen molar-refractivity contribution in [3.8, 4) is 0 Å². The monoisotopic (exact) mass is 374 g/mol. The number of fused-ring (bicyclic) bond motifs is 1. The number of ether oxygens (including phenoxy) is 1. The average Bonchev–Trinajstić information content (AvgIpc) is 3.04. The van der Waals surface area contributed by atoms with Crippen LogP contribution in [-0.4, -0.2) is 91.2 Å². The number of amides is 1. The van der Waals surface area contributed by atoms with Crippen molar-refractivity contribution in [1.82, 2.24) is 19.8 Å². The van der Waals surface area contributed by atoms with Gasteiger partial charge in [-0.3, -0.25) is 4.79 Å². The van der Waals surface area contributed by atoms with E-state index in [4.69, 9.17) is 14.7 Å². The van der Waals surface area contributed by atoms with Crippen LogP contribution in [0.2, 0.25) is 0 Å². The third kappa shape index (κ3) is 3.60. The summed E-state index contributed by atoms with van der Waals surface area (Å²) in [5.41, 5.74) is 1.61. The fourth-order valence-electron chi connectivity index (χ4n) is 4.09. The number of carbonyl (C=O) groups is 1. The fraction of sp³-hybridized carbons (Fsp3) is 0.737. The predicted octanol–water partition coefficient (Wildman–Crippen LogP) is 0.821. The third-order valence-corrected chi connectivity index (χ3v) is 5.72. The summed E-state index contributed by atoms with van der Waals surface area (Å²) < 4.78 is 5.47. The first-order valence-corrected chi connectivity index (χ1v) is 10.2. The Morgan fingerprint density at radius 1 is 0.963 bits per heavy atom. The van der Waals surface area contributed by atoms with Gasteiger partial charge in [0.15, 0.2) is 0 Å². The Morgan fingerprint density at radius 2 is 1.70 bits per heavy atom. The van der Waals surface area contributed by atoms with E-state index < -0.39 is 0 Å². The van der Waals surface area contributed by atoms with Crippen molar-refractivity contribution in [1.29, 1.82) is 0 Å². The Morgan fingerprint density at radius 3 is 2.37 bits per heavy atom. The van der Waals surface area contributed by atoms with Crippen LogP contribution in [0, 0.1) is 0 Å². The molecular formula is C19H30N6O2. The van der Waals surface area contributed by atoms with Crippen molar-refractivity contribution in [3.63, 3.8) is 0 Å². The second-order valence-electron chi connectivity index (χ2n) is 7.42. The molecule has 1 aromatic rings. The van der Waals surface area contributed by atoms with E-state index in [1.807, 2.05) is 4.90 Å². The number of morpholine rings is 1. The SMILES string of the molecule is CCCN1Cc2c(nc(N3CCOCC3)nc2N2CCN(CC)CC2)C1=O. The van der Waals surface area contributed by atoms with Crippen LogP contribution < -0.4 is 9.80 Å². The molecule has 0 N–H and O–H groups in total. The van der Waals surface area contributed by atoms with E-state index in [9.17, 15) is 4.79 Å². The highest BCUT2D eigenvalue weighted by atomic mass is 16.5. The smallest absolute Gasteiger partial charge is 0.273 e. The van der Waals surface area contributed by atoms with E-state index >= 15 is 0 Å². The van der Waals surface area contributed by atoms with Crippen molar-refractivity contribution >= 4 is 17.7 Å². The van der Waals surface area contributed by atoms with Gasteiger partial charge in [0.1, 0.15) is 11.5 Å². The zero-order valence-corrected chi connectivity index (χ0v) is 16.5. The van der Waals surface area contributed by atoms with Gasteiger partial charge in [-0.1, -0.05) is 13.8 Å². The predicted molar refractivity (Wildman–Crippen MR) is 104 cm³/mol. The standard InChI is InChI=1S/C19H30N6O2/c1-3-5-25-14-15-16(18(25)26)20-19(24-10-12-27-13-11-24)21-17(15)23-8-6-22(4-2)7-9-23/h3-14H2,1-2H3. The first-order chi connectivity index (χ1) is 13.2. The van der Waals surface area contributed by atoms with Crippen LogP contribution in [-0.2, 0) is 11.3 Å². The van der Waals surface area contributed by atoms with Gasteiger partial charge in [0.2, 0.25) is 5.95 Å². The Balaban J connectivity index is 1.67. The summed E-state index contributed by atoms with van der Waals surface area (Å²) in [6.45, 7) is 13.7. The largest absolute Gasteiger partial charge is 0.378 e. The molecule has 3 aliphatic heterocycles. The van der Waals surface area contributed by atoms with E-state index in [1.54, 1.807) is 0 Å². The molecular weight excluding hydrogens is 344 g/mol. The number of likely N-dealkylation sites (N-methyl/N-ethyl adjacent to an activating group) is 1. The second kappa shape index (κ2) is 7.98. The molecule has 4 rings (SSSR count). The molecule has 3 aliphatic rings. The van der Waals surface area contributed by atoms with Crippen LogP contribution in [0.4, 0.5) is 11.8 Å². The van der Waals surface area contributed by atoms with E-state index in [1.165, 1.54) is 0 Å². The number of hydrogen-bond acceptors (Lipinski definition) is 7. The molecule has 0 radical (unpaired) electrons. The number of nitrogens with zero attached hydrogens (tertiary/aromatic N) is 6. The highest BCUT2D eigenvalue weighted by Gasteiger charge is 2.35. The van der Waals surface area contributed by atoms with E-state index in [-0.39, 0.29) is 5.91 Å². The van der Waals surface area contributed by atoms with Gasteiger partial charge in [-0.25, -0.2) is 4.98 Å². The number of carbonyl (C=O) groups excluding carboxylic acids is 1. The highest BCUT2D eigenvalue weighted by Crippen LogP contribution is 2.32. The van der Waals surface area contributed by atoms with Crippen LogP contribution in [0.15, 0.2) is 0 Å². The summed E-state index contributed by atoms with van der Waals surface area (Å²) in [4.78, 5) is 31.4. The lowest BCUT2D eigenvalue weighted by Crippen LogP contribution is -2.47. The van der Waals surface area contributed by atoms with Crippen molar-refractivity contribution < 1.29 is 9.53 Å².